The van der Waals surface area contributed by atoms with Gasteiger partial charge in [-0.3, -0.25) is 0 Å². The van der Waals surface area contributed by atoms with Crippen LogP contribution >= 0.6 is 0 Å². The summed E-state index contributed by atoms with van der Waals surface area (Å²) >= 11 is 0. The van der Waals surface area contributed by atoms with Crippen molar-refractivity contribution in [1.82, 2.24) is 9.78 Å². The largest absolute Gasteiger partial charge is 0.508 e. The number of hydrogen-bond acceptors (Lipinski definition) is 3. The van der Waals surface area contributed by atoms with Gasteiger partial charge in [0.1, 0.15) is 11.3 Å². The Hall–Kier alpha value is -2.30. The van der Waals surface area contributed by atoms with Gasteiger partial charge in [-0.1, -0.05) is 13.8 Å². The molecule has 1 aromatic carbocycles. The lowest BCUT2D eigenvalue weighted by molar-refractivity contribution is 0.0695. The van der Waals surface area contributed by atoms with Crippen LogP contribution in [0.2, 0.25) is 0 Å². The van der Waals surface area contributed by atoms with E-state index in [0.717, 1.165) is 5.69 Å². The van der Waals surface area contributed by atoms with Crippen LogP contribution in [0.25, 0.3) is 5.69 Å². The van der Waals surface area contributed by atoms with Crippen LogP contribution in [-0.2, 0) is 6.42 Å². The number of aromatic hydroxyl groups is 1. The Kier molecular flexibility index (Phi) is 3.55. The Morgan fingerprint density at radius 1 is 1.32 bits per heavy atom. The van der Waals surface area contributed by atoms with Crippen LogP contribution in [-0.4, -0.2) is 26.0 Å². The molecule has 0 aliphatic rings. The second-order valence-electron chi connectivity index (χ2n) is 4.84. The topological polar surface area (TPSA) is 75.3 Å². The summed E-state index contributed by atoms with van der Waals surface area (Å²) in [5.74, 6) is -0.480. The number of benzene rings is 1. The van der Waals surface area contributed by atoms with E-state index in [-0.39, 0.29) is 11.3 Å². The fourth-order valence-electron chi connectivity index (χ4n) is 1.95. The molecule has 19 heavy (non-hydrogen) atoms. The first-order valence-electron chi connectivity index (χ1n) is 6.08. The summed E-state index contributed by atoms with van der Waals surface area (Å²) in [5.41, 5.74) is 1.64. The van der Waals surface area contributed by atoms with Crippen molar-refractivity contribution in [2.45, 2.75) is 20.3 Å². The lowest BCUT2D eigenvalue weighted by atomic mass is 10.0. The Morgan fingerprint density at radius 2 is 1.95 bits per heavy atom. The molecule has 2 aromatic rings. The van der Waals surface area contributed by atoms with Gasteiger partial charge in [0.05, 0.1) is 17.6 Å². The van der Waals surface area contributed by atoms with Gasteiger partial charge in [-0.15, -0.1) is 0 Å². The zero-order valence-electron chi connectivity index (χ0n) is 10.9. The number of phenols is 1. The zero-order chi connectivity index (χ0) is 14.0. The van der Waals surface area contributed by atoms with Crippen molar-refractivity contribution in [2.75, 3.05) is 0 Å². The smallest absolute Gasteiger partial charge is 0.339 e. The summed E-state index contributed by atoms with van der Waals surface area (Å²) in [6, 6.07) is 6.52. The molecule has 0 amide bonds. The molecule has 0 bridgehead atoms. The van der Waals surface area contributed by atoms with Crippen LogP contribution in [0.15, 0.2) is 30.5 Å². The van der Waals surface area contributed by atoms with Crippen molar-refractivity contribution >= 4 is 5.97 Å². The van der Waals surface area contributed by atoms with Crippen molar-refractivity contribution in [3.63, 3.8) is 0 Å². The molecule has 0 saturated carbocycles. The van der Waals surface area contributed by atoms with Crippen LogP contribution in [0.3, 0.4) is 0 Å². The highest BCUT2D eigenvalue weighted by Crippen LogP contribution is 2.20. The molecule has 0 fully saturated rings. The molecule has 0 atom stereocenters. The van der Waals surface area contributed by atoms with Crippen LogP contribution < -0.4 is 0 Å². The van der Waals surface area contributed by atoms with E-state index in [0.29, 0.717) is 18.0 Å². The molecular weight excluding hydrogens is 244 g/mol. The lowest BCUT2D eigenvalue weighted by Gasteiger charge is -2.10. The van der Waals surface area contributed by atoms with E-state index >= 15 is 0 Å². The van der Waals surface area contributed by atoms with Crippen LogP contribution in [0.4, 0.5) is 0 Å². The Morgan fingerprint density at radius 3 is 2.47 bits per heavy atom. The summed E-state index contributed by atoms with van der Waals surface area (Å²) in [5, 5.41) is 22.6. The normalized spacial score (nSPS) is 10.9. The number of hydrogen-bond donors (Lipinski definition) is 2. The Bertz CT molecular complexity index is 585. The average Bonchev–Trinajstić information content (AvgIpc) is 2.73. The summed E-state index contributed by atoms with van der Waals surface area (Å²) in [7, 11) is 0. The molecule has 0 aliphatic heterocycles. The molecule has 0 saturated heterocycles. The average molecular weight is 260 g/mol. The minimum Gasteiger partial charge on any atom is -0.508 e. The number of carboxylic acids is 1. The van der Waals surface area contributed by atoms with Crippen molar-refractivity contribution in [3.05, 3.63) is 41.7 Å². The van der Waals surface area contributed by atoms with E-state index in [2.05, 4.69) is 5.10 Å². The standard InChI is InChI=1S/C14H16N2O3/c1-9(2)7-13-12(14(18)19)8-15-16(13)10-3-5-11(17)6-4-10/h3-6,8-9,17H,7H2,1-2H3,(H,18,19). The molecule has 1 aromatic heterocycles. The second kappa shape index (κ2) is 5.14. The number of carboxylic acid groups (broad SMARTS) is 1. The highest BCUT2D eigenvalue weighted by Gasteiger charge is 2.18. The molecule has 0 spiro atoms. The second-order valence-corrected chi connectivity index (χ2v) is 4.84. The maximum absolute atomic E-state index is 11.2. The van der Waals surface area contributed by atoms with Crippen molar-refractivity contribution in [3.8, 4) is 11.4 Å². The van der Waals surface area contributed by atoms with Gasteiger partial charge in [0.25, 0.3) is 0 Å². The van der Waals surface area contributed by atoms with Crippen LogP contribution in [0.5, 0.6) is 5.75 Å². The minimum atomic E-state index is -0.972. The number of rotatable bonds is 4. The maximum Gasteiger partial charge on any atom is 0.339 e. The monoisotopic (exact) mass is 260 g/mol. The van der Waals surface area contributed by atoms with Crippen molar-refractivity contribution in [1.29, 1.82) is 0 Å². The molecule has 2 N–H and O–H groups in total. The highest BCUT2D eigenvalue weighted by atomic mass is 16.4. The van der Waals surface area contributed by atoms with Gasteiger partial charge in [0.2, 0.25) is 0 Å². The van der Waals surface area contributed by atoms with Crippen molar-refractivity contribution in [2.24, 2.45) is 5.92 Å². The zero-order valence-corrected chi connectivity index (χ0v) is 10.9. The predicted octanol–water partition coefficient (Wildman–Crippen LogP) is 2.47. The molecule has 2 rings (SSSR count). The Labute approximate surface area is 111 Å². The van der Waals surface area contributed by atoms with Gasteiger partial charge in [-0.2, -0.15) is 5.10 Å². The maximum atomic E-state index is 11.2. The Balaban J connectivity index is 2.50. The molecule has 0 unspecified atom stereocenters. The number of phenolic OH excluding ortho intramolecular Hbond substituents is 1. The van der Waals surface area contributed by atoms with E-state index in [4.69, 9.17) is 0 Å². The lowest BCUT2D eigenvalue weighted by Crippen LogP contribution is -2.09. The van der Waals surface area contributed by atoms with E-state index in [1.54, 1.807) is 28.9 Å². The van der Waals surface area contributed by atoms with Gasteiger partial charge in [0, 0.05) is 0 Å². The van der Waals surface area contributed by atoms with E-state index in [1.807, 2.05) is 13.8 Å². The quantitative estimate of drug-likeness (QED) is 0.885. The van der Waals surface area contributed by atoms with Gasteiger partial charge >= 0.3 is 5.97 Å². The van der Waals surface area contributed by atoms with E-state index in [9.17, 15) is 15.0 Å². The summed E-state index contributed by atoms with van der Waals surface area (Å²) < 4.78 is 1.61. The van der Waals surface area contributed by atoms with Gasteiger partial charge < -0.3 is 10.2 Å². The number of nitrogens with zero attached hydrogens (tertiary/aromatic N) is 2. The first kappa shape index (κ1) is 13.1. The van der Waals surface area contributed by atoms with E-state index in [1.165, 1.54) is 6.20 Å². The highest BCUT2D eigenvalue weighted by molar-refractivity contribution is 5.88. The number of aromatic carboxylic acids is 1. The van der Waals surface area contributed by atoms with E-state index < -0.39 is 5.97 Å². The summed E-state index contributed by atoms with van der Waals surface area (Å²) in [4.78, 5) is 11.2. The van der Waals surface area contributed by atoms with Gasteiger partial charge in [-0.05, 0) is 36.6 Å². The number of carbonyl (C=O) groups is 1. The molecule has 0 aliphatic carbocycles. The molecule has 100 valence electrons. The first-order chi connectivity index (χ1) is 8.99. The molecule has 1 heterocycles. The first-order valence-corrected chi connectivity index (χ1v) is 6.08. The minimum absolute atomic E-state index is 0.166. The van der Waals surface area contributed by atoms with Gasteiger partial charge in [0.15, 0.2) is 0 Å². The SMILES string of the molecule is CC(C)Cc1c(C(=O)O)cnn1-c1ccc(O)cc1. The molecule has 5 heteroatoms. The van der Waals surface area contributed by atoms with Crippen molar-refractivity contribution < 1.29 is 15.0 Å². The third kappa shape index (κ3) is 2.76. The summed E-state index contributed by atoms with van der Waals surface area (Å²) in [6.45, 7) is 4.06. The van der Waals surface area contributed by atoms with Crippen LogP contribution in [0.1, 0.15) is 29.9 Å². The fraction of sp³-hybridized carbons (Fsp3) is 0.286. The third-order valence-electron chi connectivity index (χ3n) is 2.80. The molecule has 0 radical (unpaired) electrons. The predicted molar refractivity (Wildman–Crippen MR) is 70.7 cm³/mol. The third-order valence-corrected chi connectivity index (χ3v) is 2.80. The van der Waals surface area contributed by atoms with Crippen LogP contribution in [0, 0.1) is 5.92 Å². The number of aromatic nitrogens is 2. The molecule has 5 nitrogen and oxygen atoms in total. The fourth-order valence-corrected chi connectivity index (χ4v) is 1.95. The van der Waals surface area contributed by atoms with Gasteiger partial charge in [-0.25, -0.2) is 9.48 Å². The summed E-state index contributed by atoms with van der Waals surface area (Å²) in [6.07, 6.45) is 2.00. The molecular formula is C14H16N2O3.